The minimum atomic E-state index is -0.445. The molecule has 0 bridgehead atoms. The summed E-state index contributed by atoms with van der Waals surface area (Å²) >= 11 is 0. The Morgan fingerprint density at radius 1 is 1.23 bits per heavy atom. The molecule has 0 radical (unpaired) electrons. The molecule has 1 aliphatic rings. The zero-order valence-corrected chi connectivity index (χ0v) is 12.1. The number of carbonyl (C=O) groups excluding carboxylic acids is 1. The first-order chi connectivity index (χ1) is 10.6. The lowest BCUT2D eigenvalue weighted by Gasteiger charge is -2.07. The maximum atomic E-state index is 13.8. The first-order valence-electron chi connectivity index (χ1n) is 7.18. The Morgan fingerprint density at radius 2 is 2.00 bits per heavy atom. The number of nitrogens with one attached hydrogen (secondary N) is 1. The van der Waals surface area contributed by atoms with Crippen molar-refractivity contribution in [3.63, 3.8) is 0 Å². The summed E-state index contributed by atoms with van der Waals surface area (Å²) in [6.07, 6.45) is 0. The number of halogens is 1. The average Bonchev–Trinajstić information content (AvgIpc) is 2.76. The monoisotopic (exact) mass is 295 g/mol. The number of hydrogen-bond acceptors (Lipinski definition) is 2. The van der Waals surface area contributed by atoms with E-state index in [1.807, 2.05) is 35.8 Å². The van der Waals surface area contributed by atoms with Gasteiger partial charge in [-0.2, -0.15) is 0 Å². The van der Waals surface area contributed by atoms with Crippen molar-refractivity contribution in [1.29, 1.82) is 0 Å². The number of nitrogens with zero attached hydrogens (tertiary/aromatic N) is 2. The highest BCUT2D eigenvalue weighted by molar-refractivity contribution is 6.06. The quantitative estimate of drug-likeness (QED) is 0.750. The summed E-state index contributed by atoms with van der Waals surface area (Å²) in [4.78, 5) is 16.7. The van der Waals surface area contributed by atoms with E-state index in [9.17, 15) is 9.18 Å². The van der Waals surface area contributed by atoms with Crippen LogP contribution in [-0.2, 0) is 6.54 Å². The number of aromatic nitrogens is 2. The van der Waals surface area contributed by atoms with Crippen LogP contribution in [0.25, 0.3) is 22.4 Å². The number of rotatable bonds is 1. The second-order valence-corrected chi connectivity index (χ2v) is 5.53. The highest BCUT2D eigenvalue weighted by atomic mass is 19.1. The average molecular weight is 295 g/mol. The van der Waals surface area contributed by atoms with Crippen LogP contribution < -0.4 is 5.32 Å². The number of amides is 1. The third-order valence-electron chi connectivity index (χ3n) is 3.98. The Morgan fingerprint density at radius 3 is 2.77 bits per heavy atom. The molecule has 0 aliphatic carbocycles. The molecule has 1 aliphatic heterocycles. The van der Waals surface area contributed by atoms with Crippen LogP contribution in [0, 0.1) is 12.7 Å². The summed E-state index contributed by atoms with van der Waals surface area (Å²) in [5.74, 6) is 0.0663. The van der Waals surface area contributed by atoms with Crippen LogP contribution >= 0.6 is 0 Å². The van der Waals surface area contributed by atoms with E-state index in [0.717, 1.165) is 11.4 Å². The van der Waals surface area contributed by atoms with Gasteiger partial charge in [0.2, 0.25) is 0 Å². The third-order valence-corrected chi connectivity index (χ3v) is 3.98. The van der Waals surface area contributed by atoms with E-state index in [1.54, 1.807) is 0 Å². The molecular weight excluding hydrogens is 281 g/mol. The second-order valence-electron chi connectivity index (χ2n) is 5.53. The van der Waals surface area contributed by atoms with Gasteiger partial charge in [0.25, 0.3) is 5.91 Å². The third kappa shape index (κ3) is 1.89. The minimum absolute atomic E-state index is 0.251. The van der Waals surface area contributed by atoms with Gasteiger partial charge in [-0.25, -0.2) is 9.37 Å². The van der Waals surface area contributed by atoms with Crippen molar-refractivity contribution in [3.8, 4) is 11.4 Å². The summed E-state index contributed by atoms with van der Waals surface area (Å²) in [5, 5.41) is 2.80. The molecule has 2 heterocycles. The van der Waals surface area contributed by atoms with Crippen molar-refractivity contribution < 1.29 is 9.18 Å². The number of carbonyl (C=O) groups is 1. The normalized spacial score (nSPS) is 14.0. The molecule has 0 spiro atoms. The molecule has 4 nitrogen and oxygen atoms in total. The van der Waals surface area contributed by atoms with Gasteiger partial charge in [0.1, 0.15) is 11.6 Å². The summed E-state index contributed by atoms with van der Waals surface area (Å²) in [7, 11) is 0. The fraction of sp³-hybridized carbons (Fsp3) is 0.176. The lowest BCUT2D eigenvalue weighted by atomic mass is 10.1. The van der Waals surface area contributed by atoms with Gasteiger partial charge >= 0.3 is 0 Å². The molecule has 1 N–H and O–H groups in total. The molecule has 5 heteroatoms. The Kier molecular flexibility index (Phi) is 2.76. The zero-order valence-electron chi connectivity index (χ0n) is 12.1. The first kappa shape index (κ1) is 13.0. The van der Waals surface area contributed by atoms with Gasteiger partial charge in [0.15, 0.2) is 0 Å². The van der Waals surface area contributed by atoms with E-state index in [4.69, 9.17) is 0 Å². The lowest BCUT2D eigenvalue weighted by Crippen LogP contribution is -2.24. The largest absolute Gasteiger partial charge is 0.350 e. The molecule has 1 amide bonds. The molecule has 0 saturated heterocycles. The Bertz CT molecular complexity index is 896. The van der Waals surface area contributed by atoms with Crippen molar-refractivity contribution in [1.82, 2.24) is 14.9 Å². The van der Waals surface area contributed by atoms with Crippen LogP contribution in [0.5, 0.6) is 0 Å². The van der Waals surface area contributed by atoms with E-state index in [2.05, 4.69) is 10.3 Å². The van der Waals surface area contributed by atoms with Crippen molar-refractivity contribution in [3.05, 3.63) is 53.3 Å². The van der Waals surface area contributed by atoms with Crippen LogP contribution in [0.3, 0.4) is 0 Å². The van der Waals surface area contributed by atoms with Crippen molar-refractivity contribution in [2.24, 2.45) is 0 Å². The molecule has 2 aromatic carbocycles. The van der Waals surface area contributed by atoms with Gasteiger partial charge in [-0.1, -0.05) is 29.8 Å². The molecule has 0 saturated carbocycles. The molecule has 22 heavy (non-hydrogen) atoms. The highest BCUT2D eigenvalue weighted by Crippen LogP contribution is 2.29. The summed E-state index contributed by atoms with van der Waals surface area (Å²) in [6, 6.07) is 10.7. The Hall–Kier alpha value is -2.69. The minimum Gasteiger partial charge on any atom is -0.350 e. The van der Waals surface area contributed by atoms with Crippen LogP contribution in [0.4, 0.5) is 4.39 Å². The van der Waals surface area contributed by atoms with E-state index in [-0.39, 0.29) is 5.91 Å². The topological polar surface area (TPSA) is 46.9 Å². The van der Waals surface area contributed by atoms with Crippen LogP contribution in [0.2, 0.25) is 0 Å². The summed E-state index contributed by atoms with van der Waals surface area (Å²) < 4.78 is 15.8. The van der Waals surface area contributed by atoms with E-state index >= 15 is 0 Å². The maximum absolute atomic E-state index is 13.8. The summed E-state index contributed by atoms with van der Waals surface area (Å²) in [5.41, 5.74) is 3.69. The van der Waals surface area contributed by atoms with Crippen LogP contribution in [0.1, 0.15) is 15.9 Å². The van der Waals surface area contributed by atoms with Crippen molar-refractivity contribution in [2.45, 2.75) is 13.5 Å². The predicted molar refractivity (Wildman–Crippen MR) is 82.2 cm³/mol. The highest BCUT2D eigenvalue weighted by Gasteiger charge is 2.22. The molecule has 0 atom stereocenters. The van der Waals surface area contributed by atoms with Crippen LogP contribution in [0.15, 0.2) is 36.4 Å². The van der Waals surface area contributed by atoms with Gasteiger partial charge < -0.3 is 9.88 Å². The van der Waals surface area contributed by atoms with Crippen molar-refractivity contribution in [2.75, 3.05) is 6.54 Å². The fourth-order valence-electron chi connectivity index (χ4n) is 2.92. The SMILES string of the molecule is Cc1ccc(-c2nc3cc(F)cc4c3n2CCNC4=O)cc1. The van der Waals surface area contributed by atoms with Crippen LogP contribution in [-0.4, -0.2) is 22.0 Å². The summed E-state index contributed by atoms with van der Waals surface area (Å²) in [6.45, 7) is 3.14. The van der Waals surface area contributed by atoms with Gasteiger partial charge in [-0.3, -0.25) is 4.79 Å². The molecular formula is C17H14FN3O. The molecule has 1 aromatic heterocycles. The standard InChI is InChI=1S/C17H14FN3O/c1-10-2-4-11(5-3-10)16-20-14-9-12(18)8-13-15(14)21(16)7-6-19-17(13)22/h2-5,8-9H,6-7H2,1H3,(H,19,22). The smallest absolute Gasteiger partial charge is 0.253 e. The maximum Gasteiger partial charge on any atom is 0.253 e. The number of hydrogen-bond donors (Lipinski definition) is 1. The van der Waals surface area contributed by atoms with Gasteiger partial charge in [-0.05, 0) is 13.0 Å². The number of aryl methyl sites for hydroxylation is 1. The van der Waals surface area contributed by atoms with Crippen molar-refractivity contribution >= 4 is 16.9 Å². The Balaban J connectivity index is 2.04. The van der Waals surface area contributed by atoms with E-state index in [1.165, 1.54) is 17.7 Å². The molecule has 0 unspecified atom stereocenters. The number of imidazole rings is 1. The fourth-order valence-corrected chi connectivity index (χ4v) is 2.92. The van der Waals surface area contributed by atoms with E-state index < -0.39 is 5.82 Å². The second kappa shape index (κ2) is 4.66. The molecule has 0 fully saturated rings. The predicted octanol–water partition coefficient (Wildman–Crippen LogP) is 2.89. The number of benzene rings is 2. The van der Waals surface area contributed by atoms with Gasteiger partial charge in [-0.15, -0.1) is 0 Å². The van der Waals surface area contributed by atoms with Gasteiger partial charge in [0.05, 0.1) is 16.6 Å². The van der Waals surface area contributed by atoms with Gasteiger partial charge in [0, 0.05) is 24.7 Å². The Labute approximate surface area is 126 Å². The molecule has 4 rings (SSSR count). The molecule has 3 aromatic rings. The molecule has 110 valence electrons. The lowest BCUT2D eigenvalue weighted by molar-refractivity contribution is 0.0956. The van der Waals surface area contributed by atoms with E-state index in [0.29, 0.717) is 29.7 Å². The first-order valence-corrected chi connectivity index (χ1v) is 7.18. The zero-order chi connectivity index (χ0) is 15.3.